The van der Waals surface area contributed by atoms with Gasteiger partial charge >= 0.3 is 0 Å². The fourth-order valence-electron chi connectivity index (χ4n) is 2.04. The van der Waals surface area contributed by atoms with Crippen LogP contribution in [0.3, 0.4) is 0 Å². The minimum absolute atomic E-state index is 0.182. The van der Waals surface area contributed by atoms with Gasteiger partial charge in [0, 0.05) is 16.2 Å². The maximum absolute atomic E-state index is 11.1. The Hall–Kier alpha value is -0.0500. The molecule has 2 atom stereocenters. The molecule has 0 amide bonds. The number of hydrogen-bond acceptors (Lipinski definition) is 2. The Kier molecular flexibility index (Phi) is 2.77. The summed E-state index contributed by atoms with van der Waals surface area (Å²) in [6.45, 7) is 5.83. The fourth-order valence-corrected chi connectivity index (χ4v) is 3.08. The molecule has 0 unspecified atom stereocenters. The van der Waals surface area contributed by atoms with Crippen molar-refractivity contribution in [3.8, 4) is 0 Å². The maximum atomic E-state index is 11.1. The SMILES string of the molecule is CC1(C)C[C@H](Br)CC[C@@]1(C)C(=O)[O-]. The lowest BCUT2D eigenvalue weighted by Crippen LogP contribution is -2.52. The van der Waals surface area contributed by atoms with Gasteiger partial charge in [0.25, 0.3) is 0 Å². The number of halogens is 1. The van der Waals surface area contributed by atoms with Gasteiger partial charge in [0.2, 0.25) is 0 Å². The Morgan fingerprint density at radius 2 is 2.00 bits per heavy atom. The first-order chi connectivity index (χ1) is 5.79. The van der Waals surface area contributed by atoms with Crippen LogP contribution in [0.5, 0.6) is 0 Å². The molecule has 0 heterocycles. The first-order valence-electron chi connectivity index (χ1n) is 4.65. The van der Waals surface area contributed by atoms with Crippen LogP contribution in [0.15, 0.2) is 0 Å². The first-order valence-corrected chi connectivity index (χ1v) is 5.57. The molecule has 13 heavy (non-hydrogen) atoms. The van der Waals surface area contributed by atoms with Crippen molar-refractivity contribution in [1.82, 2.24) is 0 Å². The molecule has 2 nitrogen and oxygen atoms in total. The van der Waals surface area contributed by atoms with Crippen molar-refractivity contribution in [2.45, 2.75) is 44.9 Å². The molecule has 0 aromatic rings. The number of aliphatic carboxylic acids is 1. The summed E-state index contributed by atoms with van der Waals surface area (Å²) >= 11 is 3.55. The van der Waals surface area contributed by atoms with E-state index in [1.54, 1.807) is 6.92 Å². The Morgan fingerprint density at radius 3 is 2.38 bits per heavy atom. The largest absolute Gasteiger partial charge is 0.550 e. The van der Waals surface area contributed by atoms with Crippen molar-refractivity contribution in [3.05, 3.63) is 0 Å². The van der Waals surface area contributed by atoms with E-state index in [9.17, 15) is 9.90 Å². The fraction of sp³-hybridized carbons (Fsp3) is 0.900. The summed E-state index contributed by atoms with van der Waals surface area (Å²) in [5.74, 6) is -0.906. The first kappa shape index (κ1) is 11.0. The summed E-state index contributed by atoms with van der Waals surface area (Å²) in [5.41, 5.74) is -0.852. The Balaban J connectivity index is 2.92. The lowest BCUT2D eigenvalue weighted by atomic mass is 9.59. The van der Waals surface area contributed by atoms with Gasteiger partial charge < -0.3 is 9.90 Å². The smallest absolute Gasteiger partial charge is 0.0478 e. The summed E-state index contributed by atoms with van der Waals surface area (Å²) in [7, 11) is 0. The van der Waals surface area contributed by atoms with Crippen molar-refractivity contribution < 1.29 is 9.90 Å². The minimum Gasteiger partial charge on any atom is -0.550 e. The number of carbonyl (C=O) groups excluding carboxylic acids is 1. The van der Waals surface area contributed by atoms with Crippen LogP contribution in [-0.2, 0) is 4.79 Å². The molecule has 0 aromatic carbocycles. The number of alkyl halides is 1. The van der Waals surface area contributed by atoms with Crippen molar-refractivity contribution in [2.24, 2.45) is 10.8 Å². The van der Waals surface area contributed by atoms with Gasteiger partial charge in [-0.05, 0) is 24.7 Å². The minimum atomic E-state index is -0.906. The highest BCUT2D eigenvalue weighted by atomic mass is 79.9. The van der Waals surface area contributed by atoms with Gasteiger partial charge in [0.15, 0.2) is 0 Å². The summed E-state index contributed by atoms with van der Waals surface area (Å²) in [4.78, 5) is 11.5. The van der Waals surface area contributed by atoms with Crippen LogP contribution < -0.4 is 5.11 Å². The van der Waals surface area contributed by atoms with E-state index < -0.39 is 11.4 Å². The molecular formula is C10H16BrO2-. The topological polar surface area (TPSA) is 40.1 Å². The van der Waals surface area contributed by atoms with E-state index in [1.165, 1.54) is 0 Å². The molecule has 0 radical (unpaired) electrons. The predicted molar refractivity (Wildman–Crippen MR) is 53.5 cm³/mol. The standard InChI is InChI=1S/C10H17BrO2/c1-9(2)6-7(11)4-5-10(9,3)8(12)13/h7H,4-6H2,1-3H3,(H,12,13)/p-1/t7-,10+/m1/s1. The zero-order valence-electron chi connectivity index (χ0n) is 8.39. The average Bonchev–Trinajstić information content (AvgIpc) is 1.96. The molecule has 1 aliphatic carbocycles. The molecule has 1 fully saturated rings. The van der Waals surface area contributed by atoms with Gasteiger partial charge in [0.1, 0.15) is 0 Å². The maximum Gasteiger partial charge on any atom is 0.0478 e. The van der Waals surface area contributed by atoms with Crippen LogP contribution in [0.25, 0.3) is 0 Å². The van der Waals surface area contributed by atoms with Crippen molar-refractivity contribution in [2.75, 3.05) is 0 Å². The van der Waals surface area contributed by atoms with Gasteiger partial charge in [-0.2, -0.15) is 0 Å². The van der Waals surface area contributed by atoms with Gasteiger partial charge in [-0.1, -0.05) is 36.7 Å². The van der Waals surface area contributed by atoms with Gasteiger partial charge in [-0.3, -0.25) is 0 Å². The predicted octanol–water partition coefficient (Wildman–Crippen LogP) is 1.72. The number of carbonyl (C=O) groups is 1. The van der Waals surface area contributed by atoms with Crippen LogP contribution >= 0.6 is 15.9 Å². The van der Waals surface area contributed by atoms with Crippen LogP contribution in [0.4, 0.5) is 0 Å². The lowest BCUT2D eigenvalue weighted by molar-refractivity contribution is -0.325. The molecule has 3 heteroatoms. The highest BCUT2D eigenvalue weighted by Crippen LogP contribution is 2.51. The molecule has 0 aliphatic heterocycles. The molecule has 0 N–H and O–H groups in total. The van der Waals surface area contributed by atoms with E-state index in [0.29, 0.717) is 11.2 Å². The number of hydrogen-bond donors (Lipinski definition) is 0. The third-order valence-electron chi connectivity index (χ3n) is 3.63. The second-order valence-corrected chi connectivity index (χ2v) is 6.14. The monoisotopic (exact) mass is 247 g/mol. The van der Waals surface area contributed by atoms with E-state index in [0.717, 1.165) is 12.8 Å². The molecule has 1 rings (SSSR count). The molecule has 0 aromatic heterocycles. The van der Waals surface area contributed by atoms with Gasteiger partial charge in [-0.25, -0.2) is 0 Å². The van der Waals surface area contributed by atoms with Gasteiger partial charge in [0.05, 0.1) is 0 Å². The Labute approximate surface area is 87.8 Å². The number of rotatable bonds is 1. The Morgan fingerprint density at radius 1 is 1.46 bits per heavy atom. The van der Waals surface area contributed by atoms with Crippen LogP contribution in [-0.4, -0.2) is 10.8 Å². The summed E-state index contributed by atoms with van der Waals surface area (Å²) in [6.07, 6.45) is 2.53. The average molecular weight is 248 g/mol. The van der Waals surface area contributed by atoms with Crippen LogP contribution in [0.2, 0.25) is 0 Å². The third-order valence-corrected chi connectivity index (χ3v) is 4.42. The highest BCUT2D eigenvalue weighted by Gasteiger charge is 2.46. The normalized spacial score (nSPS) is 38.6. The summed E-state index contributed by atoms with van der Waals surface area (Å²) in [5, 5.41) is 11.1. The quantitative estimate of drug-likeness (QED) is 0.663. The molecule has 0 bridgehead atoms. The number of carboxylic acids is 1. The molecule has 1 saturated carbocycles. The van der Waals surface area contributed by atoms with Crippen molar-refractivity contribution in [3.63, 3.8) is 0 Å². The third kappa shape index (κ3) is 1.76. The molecule has 1 aliphatic rings. The second kappa shape index (κ2) is 3.26. The van der Waals surface area contributed by atoms with Crippen molar-refractivity contribution in [1.29, 1.82) is 0 Å². The molecule has 0 spiro atoms. The summed E-state index contributed by atoms with van der Waals surface area (Å²) in [6, 6.07) is 0. The lowest BCUT2D eigenvalue weighted by Gasteiger charge is -2.50. The molecule has 76 valence electrons. The van der Waals surface area contributed by atoms with E-state index in [4.69, 9.17) is 0 Å². The summed E-state index contributed by atoms with van der Waals surface area (Å²) < 4.78 is 0. The van der Waals surface area contributed by atoms with Crippen molar-refractivity contribution >= 4 is 21.9 Å². The van der Waals surface area contributed by atoms with Crippen LogP contribution in [0.1, 0.15) is 40.0 Å². The zero-order valence-corrected chi connectivity index (χ0v) is 9.98. The second-order valence-electron chi connectivity index (χ2n) is 4.84. The van der Waals surface area contributed by atoms with Crippen LogP contribution in [0, 0.1) is 10.8 Å². The molecular weight excluding hydrogens is 232 g/mol. The van der Waals surface area contributed by atoms with E-state index in [1.807, 2.05) is 13.8 Å². The van der Waals surface area contributed by atoms with E-state index >= 15 is 0 Å². The van der Waals surface area contributed by atoms with E-state index in [2.05, 4.69) is 15.9 Å². The highest BCUT2D eigenvalue weighted by molar-refractivity contribution is 9.09. The Bertz CT molecular complexity index is 225. The van der Waals surface area contributed by atoms with Gasteiger partial charge in [-0.15, -0.1) is 0 Å². The molecule has 0 saturated heterocycles. The number of carboxylic acid groups (broad SMARTS) is 1. The van der Waals surface area contributed by atoms with E-state index in [-0.39, 0.29) is 5.41 Å². The zero-order chi connectivity index (χ0) is 10.3.